The van der Waals surface area contributed by atoms with Gasteiger partial charge < -0.3 is 14.8 Å². The van der Waals surface area contributed by atoms with Gasteiger partial charge >= 0.3 is 5.97 Å². The summed E-state index contributed by atoms with van der Waals surface area (Å²) in [7, 11) is 0. The Morgan fingerprint density at radius 1 is 1.45 bits per heavy atom. The normalized spacial score (nSPS) is 12.1. The van der Waals surface area contributed by atoms with Gasteiger partial charge in [0.2, 0.25) is 11.7 Å². The average Bonchev–Trinajstić information content (AvgIpc) is 3.02. The number of carbonyl (C=O) groups is 2. The van der Waals surface area contributed by atoms with E-state index in [9.17, 15) is 9.59 Å². The number of aryl methyl sites for hydroxylation is 2. The molecule has 2 aromatic rings. The molecule has 0 fully saturated rings. The smallest absolute Gasteiger partial charge is 0.372 e. The van der Waals surface area contributed by atoms with E-state index in [0.29, 0.717) is 5.56 Å². The molecule has 0 spiro atoms. The number of carboxylic acid groups (broad SMARTS) is 1. The molecule has 118 valence electrons. The molecular formula is C15H19N3O4. The Bertz CT molecular complexity index is 687. The molecule has 7 nitrogen and oxygen atoms in total. The van der Waals surface area contributed by atoms with Crippen LogP contribution in [0.2, 0.25) is 0 Å². The third-order valence-electron chi connectivity index (χ3n) is 3.36. The van der Waals surface area contributed by atoms with Gasteiger partial charge in [0.25, 0.3) is 0 Å². The highest BCUT2D eigenvalue weighted by Crippen LogP contribution is 2.15. The van der Waals surface area contributed by atoms with Crippen molar-refractivity contribution in [1.82, 2.24) is 15.1 Å². The van der Waals surface area contributed by atoms with Gasteiger partial charge in [0.15, 0.2) is 0 Å². The molecule has 0 aliphatic rings. The van der Waals surface area contributed by atoms with Crippen molar-refractivity contribution in [3.63, 3.8) is 0 Å². The van der Waals surface area contributed by atoms with Crippen molar-refractivity contribution < 1.29 is 19.1 Å². The van der Waals surface area contributed by atoms with Gasteiger partial charge in [-0.25, -0.2) is 4.79 Å². The van der Waals surface area contributed by atoms with Crippen LogP contribution in [0.5, 0.6) is 0 Å². The van der Waals surface area contributed by atoms with E-state index >= 15 is 0 Å². The second kappa shape index (κ2) is 6.46. The Hall–Kier alpha value is -2.57. The van der Waals surface area contributed by atoms with Crippen LogP contribution in [0.25, 0.3) is 0 Å². The number of hydrogen-bond acceptors (Lipinski definition) is 4. The van der Waals surface area contributed by atoms with E-state index in [1.807, 2.05) is 31.5 Å². The van der Waals surface area contributed by atoms with E-state index < -0.39 is 5.97 Å². The standard InChI is InChI=1S/C15H19N3O4/c1-9-6-10(2)18(17-9)11(3)7-13(19)16-8-12-4-5-22-14(12)15(20)21/h4-6,11H,7-8H2,1-3H3,(H,16,19)(H,20,21). The summed E-state index contributed by atoms with van der Waals surface area (Å²) in [5.74, 6) is -1.46. The van der Waals surface area contributed by atoms with Crippen molar-refractivity contribution >= 4 is 11.9 Å². The van der Waals surface area contributed by atoms with Crippen LogP contribution in [0.1, 0.15) is 46.9 Å². The molecule has 1 atom stereocenters. The average molecular weight is 305 g/mol. The van der Waals surface area contributed by atoms with E-state index in [0.717, 1.165) is 11.4 Å². The predicted octanol–water partition coefficient (Wildman–Crippen LogP) is 2.06. The van der Waals surface area contributed by atoms with Gasteiger partial charge in [-0.15, -0.1) is 0 Å². The van der Waals surface area contributed by atoms with Gasteiger partial charge in [-0.05, 0) is 32.9 Å². The number of hydrogen-bond donors (Lipinski definition) is 2. The van der Waals surface area contributed by atoms with Gasteiger partial charge in [-0.1, -0.05) is 0 Å². The minimum Gasteiger partial charge on any atom is -0.475 e. The van der Waals surface area contributed by atoms with Crippen LogP contribution in [0.15, 0.2) is 22.8 Å². The number of carboxylic acids is 1. The lowest BCUT2D eigenvalue weighted by Gasteiger charge is -2.14. The Morgan fingerprint density at radius 3 is 2.77 bits per heavy atom. The van der Waals surface area contributed by atoms with Crippen molar-refractivity contribution in [1.29, 1.82) is 0 Å². The Balaban J connectivity index is 1.92. The van der Waals surface area contributed by atoms with E-state index in [1.54, 1.807) is 0 Å². The molecule has 0 saturated heterocycles. The molecule has 2 heterocycles. The van der Waals surface area contributed by atoms with Crippen LogP contribution in [0.3, 0.4) is 0 Å². The fourth-order valence-corrected chi connectivity index (χ4v) is 2.38. The number of carbonyl (C=O) groups excluding carboxylic acids is 1. The van der Waals surface area contributed by atoms with Crippen molar-refractivity contribution in [3.05, 3.63) is 41.1 Å². The van der Waals surface area contributed by atoms with Crippen LogP contribution in [0, 0.1) is 13.8 Å². The second-order valence-electron chi connectivity index (χ2n) is 5.28. The molecule has 0 bridgehead atoms. The summed E-state index contributed by atoms with van der Waals surface area (Å²) in [4.78, 5) is 22.9. The highest BCUT2D eigenvalue weighted by molar-refractivity contribution is 5.86. The topological polar surface area (TPSA) is 97.4 Å². The van der Waals surface area contributed by atoms with Crippen LogP contribution >= 0.6 is 0 Å². The summed E-state index contributed by atoms with van der Waals surface area (Å²) in [6.07, 6.45) is 1.56. The van der Waals surface area contributed by atoms with E-state index in [4.69, 9.17) is 9.52 Å². The first-order chi connectivity index (χ1) is 10.4. The third kappa shape index (κ3) is 3.55. The zero-order valence-electron chi connectivity index (χ0n) is 12.8. The molecule has 0 aliphatic heterocycles. The zero-order chi connectivity index (χ0) is 16.3. The van der Waals surface area contributed by atoms with Crippen LogP contribution < -0.4 is 5.32 Å². The Morgan fingerprint density at radius 2 is 2.18 bits per heavy atom. The molecule has 2 aromatic heterocycles. The summed E-state index contributed by atoms with van der Waals surface area (Å²) in [6.45, 7) is 5.89. The van der Waals surface area contributed by atoms with Gasteiger partial charge in [-0.3, -0.25) is 9.48 Å². The largest absolute Gasteiger partial charge is 0.475 e. The molecule has 7 heteroatoms. The van der Waals surface area contributed by atoms with Gasteiger partial charge in [-0.2, -0.15) is 5.10 Å². The van der Waals surface area contributed by atoms with E-state index in [2.05, 4.69) is 10.4 Å². The summed E-state index contributed by atoms with van der Waals surface area (Å²) in [5, 5.41) is 16.0. The molecule has 1 unspecified atom stereocenters. The monoisotopic (exact) mass is 305 g/mol. The minimum atomic E-state index is -1.15. The van der Waals surface area contributed by atoms with Crippen molar-refractivity contribution in [3.8, 4) is 0 Å². The quantitative estimate of drug-likeness (QED) is 0.851. The molecule has 0 aromatic carbocycles. The molecule has 1 amide bonds. The number of rotatable bonds is 6. The van der Waals surface area contributed by atoms with E-state index in [-0.39, 0.29) is 30.7 Å². The van der Waals surface area contributed by atoms with Crippen molar-refractivity contribution in [2.75, 3.05) is 0 Å². The van der Waals surface area contributed by atoms with Crippen LogP contribution in [-0.2, 0) is 11.3 Å². The lowest BCUT2D eigenvalue weighted by molar-refractivity contribution is -0.122. The zero-order valence-corrected chi connectivity index (χ0v) is 12.8. The minimum absolute atomic E-state index is 0.0722. The van der Waals surface area contributed by atoms with E-state index in [1.165, 1.54) is 12.3 Å². The maximum atomic E-state index is 12.0. The highest BCUT2D eigenvalue weighted by atomic mass is 16.4. The molecule has 0 radical (unpaired) electrons. The fraction of sp³-hybridized carbons (Fsp3) is 0.400. The summed E-state index contributed by atoms with van der Waals surface area (Å²) in [6, 6.07) is 3.42. The Labute approximate surface area is 127 Å². The lowest BCUT2D eigenvalue weighted by Crippen LogP contribution is -2.26. The third-order valence-corrected chi connectivity index (χ3v) is 3.36. The fourth-order valence-electron chi connectivity index (χ4n) is 2.38. The molecule has 22 heavy (non-hydrogen) atoms. The summed E-state index contributed by atoms with van der Waals surface area (Å²) < 4.78 is 6.68. The van der Waals surface area contributed by atoms with Crippen LogP contribution in [-0.4, -0.2) is 26.8 Å². The number of amides is 1. The number of nitrogens with zero attached hydrogens (tertiary/aromatic N) is 2. The molecule has 2 N–H and O–H groups in total. The van der Waals surface area contributed by atoms with Gasteiger partial charge in [0, 0.05) is 24.2 Å². The second-order valence-corrected chi connectivity index (χ2v) is 5.28. The molecule has 0 saturated carbocycles. The highest BCUT2D eigenvalue weighted by Gasteiger charge is 2.17. The first kappa shape index (κ1) is 15.8. The maximum absolute atomic E-state index is 12.0. The SMILES string of the molecule is Cc1cc(C)n(C(C)CC(=O)NCc2ccoc2C(=O)O)n1. The number of nitrogens with one attached hydrogen (secondary N) is 1. The van der Waals surface area contributed by atoms with Gasteiger partial charge in [0.1, 0.15) is 0 Å². The summed E-state index contributed by atoms with van der Waals surface area (Å²) >= 11 is 0. The number of aromatic carboxylic acids is 1. The molecule has 0 aliphatic carbocycles. The van der Waals surface area contributed by atoms with Crippen LogP contribution in [0.4, 0.5) is 0 Å². The first-order valence-corrected chi connectivity index (χ1v) is 6.97. The predicted molar refractivity (Wildman–Crippen MR) is 78.5 cm³/mol. The Kier molecular flexibility index (Phi) is 4.65. The molecule has 2 rings (SSSR count). The molecular weight excluding hydrogens is 286 g/mol. The first-order valence-electron chi connectivity index (χ1n) is 6.97. The van der Waals surface area contributed by atoms with Crippen molar-refractivity contribution in [2.24, 2.45) is 0 Å². The van der Waals surface area contributed by atoms with Gasteiger partial charge in [0.05, 0.1) is 18.0 Å². The maximum Gasteiger partial charge on any atom is 0.372 e. The van der Waals surface area contributed by atoms with Crippen molar-refractivity contribution in [2.45, 2.75) is 39.8 Å². The summed E-state index contributed by atoms with van der Waals surface area (Å²) in [5.41, 5.74) is 2.36. The lowest BCUT2D eigenvalue weighted by atomic mass is 10.2. The number of furan rings is 1. The number of aromatic nitrogens is 2.